The minimum atomic E-state index is -0.278. The van der Waals surface area contributed by atoms with Gasteiger partial charge in [-0.1, -0.05) is 51.0 Å². The predicted octanol–water partition coefficient (Wildman–Crippen LogP) is 4.94. The topological polar surface area (TPSA) is 53.5 Å². The van der Waals surface area contributed by atoms with Gasteiger partial charge in [-0.2, -0.15) is 0 Å². The van der Waals surface area contributed by atoms with Crippen molar-refractivity contribution < 1.29 is 9.59 Å². The van der Waals surface area contributed by atoms with Crippen LogP contribution in [-0.4, -0.2) is 34.9 Å². The van der Waals surface area contributed by atoms with Gasteiger partial charge in [0.25, 0.3) is 5.91 Å². The van der Waals surface area contributed by atoms with Gasteiger partial charge in [-0.25, -0.2) is 4.98 Å². The molecule has 0 radical (unpaired) electrons. The molecular formula is C19H15BrClN3O2S. The van der Waals surface area contributed by atoms with Gasteiger partial charge in [0, 0.05) is 17.4 Å². The molecule has 1 aliphatic heterocycles. The van der Waals surface area contributed by atoms with Gasteiger partial charge in [-0.3, -0.25) is 14.5 Å². The van der Waals surface area contributed by atoms with Crippen LogP contribution >= 0.6 is 38.9 Å². The first-order chi connectivity index (χ1) is 13.0. The lowest BCUT2D eigenvalue weighted by Gasteiger charge is -2.26. The van der Waals surface area contributed by atoms with Crippen LogP contribution in [0.25, 0.3) is 10.2 Å². The van der Waals surface area contributed by atoms with Gasteiger partial charge < -0.3 is 4.90 Å². The van der Waals surface area contributed by atoms with Crippen LogP contribution in [0.1, 0.15) is 23.2 Å². The number of likely N-dealkylation sites (tertiary alicyclic amines) is 1. The molecule has 4 rings (SSSR count). The van der Waals surface area contributed by atoms with Crippen molar-refractivity contribution in [1.82, 2.24) is 9.88 Å². The van der Waals surface area contributed by atoms with Crippen LogP contribution in [-0.2, 0) is 4.79 Å². The summed E-state index contributed by atoms with van der Waals surface area (Å²) >= 11 is 11.1. The Morgan fingerprint density at radius 1 is 1.30 bits per heavy atom. The number of benzene rings is 2. The zero-order valence-electron chi connectivity index (χ0n) is 14.2. The van der Waals surface area contributed by atoms with Crippen molar-refractivity contribution >= 4 is 66.0 Å². The third-order valence-corrected chi connectivity index (χ3v) is 6.28. The van der Waals surface area contributed by atoms with Crippen LogP contribution < -0.4 is 4.90 Å². The maximum atomic E-state index is 13.3. The molecule has 5 nitrogen and oxygen atoms in total. The fourth-order valence-corrected chi connectivity index (χ4v) is 4.53. The van der Waals surface area contributed by atoms with Gasteiger partial charge in [0.15, 0.2) is 5.13 Å². The van der Waals surface area contributed by atoms with Crippen LogP contribution in [0, 0.1) is 0 Å². The van der Waals surface area contributed by atoms with E-state index in [4.69, 9.17) is 11.6 Å². The number of carbonyl (C=O) groups excluding carboxylic acids is 2. The lowest BCUT2D eigenvalue weighted by atomic mass is 10.2. The van der Waals surface area contributed by atoms with Crippen molar-refractivity contribution in [2.75, 3.05) is 18.1 Å². The summed E-state index contributed by atoms with van der Waals surface area (Å²) < 4.78 is 1.75. The molecule has 138 valence electrons. The summed E-state index contributed by atoms with van der Waals surface area (Å²) in [6.45, 7) is 0.806. The molecule has 0 atom stereocenters. The highest BCUT2D eigenvalue weighted by Crippen LogP contribution is 2.32. The molecule has 1 aliphatic rings. The largest absolute Gasteiger partial charge is 0.324 e. The monoisotopic (exact) mass is 463 g/mol. The van der Waals surface area contributed by atoms with Crippen LogP contribution in [0.4, 0.5) is 5.13 Å². The molecule has 0 spiro atoms. The molecule has 27 heavy (non-hydrogen) atoms. The number of para-hydroxylation sites is 1. The van der Waals surface area contributed by atoms with E-state index in [1.807, 2.05) is 24.3 Å². The fraction of sp³-hybridized carbons (Fsp3) is 0.211. The van der Waals surface area contributed by atoms with E-state index < -0.39 is 0 Å². The summed E-state index contributed by atoms with van der Waals surface area (Å²) in [5, 5.41) is 0.916. The lowest BCUT2D eigenvalue weighted by Crippen LogP contribution is -2.42. The maximum absolute atomic E-state index is 13.3. The van der Waals surface area contributed by atoms with Gasteiger partial charge in [0.2, 0.25) is 5.91 Å². The molecule has 1 fully saturated rings. The van der Waals surface area contributed by atoms with Gasteiger partial charge in [-0.15, -0.1) is 0 Å². The Labute approximate surface area is 173 Å². The van der Waals surface area contributed by atoms with Crippen molar-refractivity contribution in [1.29, 1.82) is 0 Å². The normalized spacial score (nSPS) is 14.1. The van der Waals surface area contributed by atoms with Gasteiger partial charge in [0.05, 0.1) is 20.8 Å². The van der Waals surface area contributed by atoms with Crippen LogP contribution in [0.3, 0.4) is 0 Å². The Morgan fingerprint density at radius 2 is 2.11 bits per heavy atom. The van der Waals surface area contributed by atoms with Crippen molar-refractivity contribution in [3.05, 3.63) is 57.5 Å². The number of thiazole rings is 1. The number of anilines is 1. The van der Waals surface area contributed by atoms with Crippen molar-refractivity contribution in [3.8, 4) is 0 Å². The summed E-state index contributed by atoms with van der Waals surface area (Å²) in [6.07, 6.45) is 1.32. The molecule has 0 N–H and O–H groups in total. The van der Waals surface area contributed by atoms with Gasteiger partial charge in [-0.05, 0) is 36.8 Å². The van der Waals surface area contributed by atoms with E-state index >= 15 is 0 Å². The van der Waals surface area contributed by atoms with E-state index in [2.05, 4.69) is 20.9 Å². The highest BCUT2D eigenvalue weighted by molar-refractivity contribution is 9.10. The third-order valence-electron chi connectivity index (χ3n) is 4.40. The molecule has 8 heteroatoms. The fourth-order valence-electron chi connectivity index (χ4n) is 3.02. The number of carbonyl (C=O) groups is 2. The smallest absolute Gasteiger partial charge is 0.263 e. The highest BCUT2D eigenvalue weighted by atomic mass is 79.9. The molecule has 0 bridgehead atoms. The van der Waals surface area contributed by atoms with E-state index in [1.54, 1.807) is 28.0 Å². The van der Waals surface area contributed by atoms with E-state index in [1.165, 1.54) is 11.3 Å². The zero-order chi connectivity index (χ0) is 19.0. The number of hydrogen-bond donors (Lipinski definition) is 0. The lowest BCUT2D eigenvalue weighted by molar-refractivity contribution is -0.127. The number of rotatable bonds is 4. The molecule has 0 aliphatic carbocycles. The first kappa shape index (κ1) is 18.4. The summed E-state index contributed by atoms with van der Waals surface area (Å²) in [5.74, 6) is -0.227. The Hall–Kier alpha value is -1.96. The average Bonchev–Trinajstić information content (AvgIpc) is 3.26. The summed E-state index contributed by atoms with van der Waals surface area (Å²) in [7, 11) is 0. The molecular weight excluding hydrogens is 450 g/mol. The number of aromatic nitrogens is 1. The second-order valence-corrected chi connectivity index (χ2v) is 8.56. The zero-order valence-corrected chi connectivity index (χ0v) is 17.4. The Bertz CT molecular complexity index is 1010. The van der Waals surface area contributed by atoms with E-state index in [9.17, 15) is 9.59 Å². The second-order valence-electron chi connectivity index (χ2n) is 6.22. The average molecular weight is 465 g/mol. The van der Waals surface area contributed by atoms with Crippen LogP contribution in [0.2, 0.25) is 5.02 Å². The number of nitrogens with zero attached hydrogens (tertiary/aromatic N) is 3. The Kier molecular flexibility index (Phi) is 5.16. The first-order valence-corrected chi connectivity index (χ1v) is 10.4. The van der Waals surface area contributed by atoms with Gasteiger partial charge in [0.1, 0.15) is 6.67 Å². The van der Waals surface area contributed by atoms with E-state index in [0.717, 1.165) is 21.1 Å². The molecule has 2 heterocycles. The Morgan fingerprint density at radius 3 is 2.85 bits per heavy atom. The molecule has 2 amide bonds. The van der Waals surface area contributed by atoms with Crippen LogP contribution in [0.15, 0.2) is 46.9 Å². The molecule has 2 aromatic carbocycles. The maximum Gasteiger partial charge on any atom is 0.263 e. The molecule has 1 saturated heterocycles. The molecule has 0 saturated carbocycles. The first-order valence-electron chi connectivity index (χ1n) is 8.43. The number of amides is 2. The summed E-state index contributed by atoms with van der Waals surface area (Å²) in [6, 6.07) is 12.9. The van der Waals surface area contributed by atoms with Crippen LogP contribution in [0.5, 0.6) is 0 Å². The molecule has 0 unspecified atom stereocenters. The SMILES string of the molecule is O=C1CCCN1CN(C(=O)c1cc(Br)ccc1Cl)c1nc2ccccc2s1. The highest BCUT2D eigenvalue weighted by Gasteiger charge is 2.29. The quantitative estimate of drug-likeness (QED) is 0.549. The molecule has 3 aromatic rings. The number of fused-ring (bicyclic) bond motifs is 1. The number of halogens is 2. The second kappa shape index (κ2) is 7.58. The van der Waals surface area contributed by atoms with Crippen molar-refractivity contribution in [3.63, 3.8) is 0 Å². The minimum Gasteiger partial charge on any atom is -0.324 e. The van der Waals surface area contributed by atoms with E-state index in [0.29, 0.717) is 28.7 Å². The number of hydrogen-bond acceptors (Lipinski definition) is 4. The Balaban J connectivity index is 1.76. The summed E-state index contributed by atoms with van der Waals surface area (Å²) in [4.78, 5) is 33.3. The van der Waals surface area contributed by atoms with E-state index in [-0.39, 0.29) is 18.5 Å². The minimum absolute atomic E-state index is 0.0502. The standard InChI is InChI=1S/C19H15BrClN3O2S/c20-12-7-8-14(21)13(10-12)18(26)24(11-23-9-3-6-17(23)25)19-22-15-4-1-2-5-16(15)27-19/h1-2,4-5,7-8,10H,3,6,9,11H2. The molecule has 1 aromatic heterocycles. The predicted molar refractivity (Wildman–Crippen MR) is 111 cm³/mol. The summed E-state index contributed by atoms with van der Waals surface area (Å²) in [5.41, 5.74) is 1.19. The van der Waals surface area contributed by atoms with Gasteiger partial charge >= 0.3 is 0 Å². The third kappa shape index (κ3) is 3.72. The van der Waals surface area contributed by atoms with Crippen molar-refractivity contribution in [2.24, 2.45) is 0 Å². The van der Waals surface area contributed by atoms with Crippen molar-refractivity contribution in [2.45, 2.75) is 12.8 Å².